The van der Waals surface area contributed by atoms with Crippen LogP contribution >= 0.6 is 23.2 Å². The lowest BCUT2D eigenvalue weighted by Crippen LogP contribution is -2.18. The number of hydrogen-bond donors (Lipinski definition) is 2. The molecule has 0 unspecified atom stereocenters. The fraction of sp³-hybridized carbons (Fsp3) is 0. The molecule has 3 rings (SSSR count). The molecular weight excluding hydrogens is 461 g/mol. The number of para-hydroxylation sites is 2. The molecule has 0 fully saturated rings. The largest absolute Gasteiger partial charge is 0.507 e. The van der Waals surface area contributed by atoms with E-state index in [0.29, 0.717) is 5.02 Å². The second-order valence-electron chi connectivity index (χ2n) is 6.18. The number of ether oxygens (including phenoxy) is 1. The van der Waals surface area contributed by atoms with Gasteiger partial charge in [-0.3, -0.25) is 14.9 Å². The maximum atomic E-state index is 12.6. The van der Waals surface area contributed by atoms with E-state index in [9.17, 15) is 24.8 Å². The van der Waals surface area contributed by atoms with E-state index in [0.717, 1.165) is 12.3 Å². The number of nitrogens with zero attached hydrogens (tertiary/aromatic N) is 2. The number of nitro groups is 1. The molecule has 32 heavy (non-hydrogen) atoms. The number of carbonyl (C=O) groups is 2. The second kappa shape index (κ2) is 9.90. The van der Waals surface area contributed by atoms with Crippen LogP contribution in [0.25, 0.3) is 0 Å². The number of aromatic hydroxyl groups is 1. The summed E-state index contributed by atoms with van der Waals surface area (Å²) in [6, 6.07) is 13.8. The highest BCUT2D eigenvalue weighted by molar-refractivity contribution is 6.36. The molecule has 11 heteroatoms. The zero-order valence-electron chi connectivity index (χ0n) is 16.0. The van der Waals surface area contributed by atoms with Gasteiger partial charge < -0.3 is 9.84 Å². The van der Waals surface area contributed by atoms with Crippen molar-refractivity contribution in [3.8, 4) is 11.5 Å². The summed E-state index contributed by atoms with van der Waals surface area (Å²) < 4.78 is 5.25. The van der Waals surface area contributed by atoms with Gasteiger partial charge in [0.25, 0.3) is 5.91 Å². The van der Waals surface area contributed by atoms with Crippen LogP contribution in [0.5, 0.6) is 11.5 Å². The predicted octanol–water partition coefficient (Wildman–Crippen LogP) is 4.59. The summed E-state index contributed by atoms with van der Waals surface area (Å²) >= 11 is 11.8. The third-order valence-electron chi connectivity index (χ3n) is 4.09. The van der Waals surface area contributed by atoms with Gasteiger partial charge in [-0.25, -0.2) is 10.2 Å². The Balaban J connectivity index is 1.88. The van der Waals surface area contributed by atoms with Crippen molar-refractivity contribution in [1.82, 2.24) is 5.43 Å². The number of phenolic OH excluding ortho intramolecular Hbond substituents is 1. The topological polar surface area (TPSA) is 131 Å². The smallest absolute Gasteiger partial charge is 0.345 e. The average Bonchev–Trinajstić information content (AvgIpc) is 2.74. The molecule has 0 aromatic heterocycles. The lowest BCUT2D eigenvalue weighted by Gasteiger charge is -2.09. The van der Waals surface area contributed by atoms with Crippen LogP contribution < -0.4 is 10.2 Å². The number of benzene rings is 3. The first kappa shape index (κ1) is 22.7. The first-order valence-corrected chi connectivity index (χ1v) is 9.59. The Morgan fingerprint density at radius 3 is 2.50 bits per heavy atom. The molecule has 3 aromatic carbocycles. The highest BCUT2D eigenvalue weighted by Crippen LogP contribution is 2.32. The lowest BCUT2D eigenvalue weighted by atomic mass is 10.1. The van der Waals surface area contributed by atoms with E-state index in [-0.39, 0.29) is 27.5 Å². The number of nitro benzene ring substituents is 1. The Labute approximate surface area is 191 Å². The van der Waals surface area contributed by atoms with Crippen LogP contribution in [0, 0.1) is 10.1 Å². The van der Waals surface area contributed by atoms with Gasteiger partial charge in [0.05, 0.1) is 27.3 Å². The van der Waals surface area contributed by atoms with Gasteiger partial charge in [-0.05, 0) is 36.4 Å². The normalized spacial score (nSPS) is 10.7. The summed E-state index contributed by atoms with van der Waals surface area (Å²) in [5.74, 6) is -2.30. The number of hydrogen-bond acceptors (Lipinski definition) is 7. The molecule has 0 radical (unpaired) electrons. The summed E-state index contributed by atoms with van der Waals surface area (Å²) in [6.45, 7) is 0. The average molecular weight is 474 g/mol. The van der Waals surface area contributed by atoms with E-state index < -0.39 is 28.2 Å². The Kier molecular flexibility index (Phi) is 7.04. The van der Waals surface area contributed by atoms with Crippen LogP contribution in [0.3, 0.4) is 0 Å². The first-order valence-electron chi connectivity index (χ1n) is 8.84. The van der Waals surface area contributed by atoms with Crippen molar-refractivity contribution in [2.45, 2.75) is 0 Å². The number of hydrazone groups is 1. The van der Waals surface area contributed by atoms with E-state index in [1.54, 1.807) is 12.1 Å². The molecule has 3 aromatic rings. The molecule has 9 nitrogen and oxygen atoms in total. The lowest BCUT2D eigenvalue weighted by molar-refractivity contribution is -0.385. The van der Waals surface area contributed by atoms with Crippen LogP contribution in [0.4, 0.5) is 5.69 Å². The Morgan fingerprint density at radius 2 is 1.81 bits per heavy atom. The van der Waals surface area contributed by atoms with Crippen molar-refractivity contribution >= 4 is 47.0 Å². The van der Waals surface area contributed by atoms with Crippen LogP contribution in [0.2, 0.25) is 10.0 Å². The number of carbonyl (C=O) groups excluding carboxylic acids is 2. The number of rotatable bonds is 6. The van der Waals surface area contributed by atoms with Gasteiger partial charge in [0.15, 0.2) is 0 Å². The van der Waals surface area contributed by atoms with E-state index >= 15 is 0 Å². The molecular formula is C21H13Cl2N3O6. The van der Waals surface area contributed by atoms with Gasteiger partial charge in [0, 0.05) is 16.7 Å². The predicted molar refractivity (Wildman–Crippen MR) is 118 cm³/mol. The molecule has 162 valence electrons. The SMILES string of the molecule is O=C(N/N=C/c1cccc([N+](=O)[O-])c1OC(=O)c1ccc(Cl)cc1Cl)c1ccccc1O. The van der Waals surface area contributed by atoms with Crippen LogP contribution in [0.1, 0.15) is 26.3 Å². The van der Waals surface area contributed by atoms with Gasteiger partial charge in [-0.15, -0.1) is 0 Å². The third-order valence-corrected chi connectivity index (χ3v) is 4.63. The van der Waals surface area contributed by atoms with Crippen molar-refractivity contribution in [1.29, 1.82) is 0 Å². The van der Waals surface area contributed by atoms with Crippen molar-refractivity contribution < 1.29 is 24.4 Å². The fourth-order valence-corrected chi connectivity index (χ4v) is 3.07. The number of halogens is 2. The highest BCUT2D eigenvalue weighted by Gasteiger charge is 2.23. The molecule has 2 N–H and O–H groups in total. The van der Waals surface area contributed by atoms with E-state index in [1.807, 2.05) is 0 Å². The Morgan fingerprint density at radius 1 is 1.06 bits per heavy atom. The summed E-state index contributed by atoms with van der Waals surface area (Å²) in [5.41, 5.74) is 1.65. The maximum Gasteiger partial charge on any atom is 0.345 e. The van der Waals surface area contributed by atoms with Gasteiger partial charge in [-0.1, -0.05) is 41.4 Å². The zero-order valence-corrected chi connectivity index (χ0v) is 17.5. The summed E-state index contributed by atoms with van der Waals surface area (Å²) in [4.78, 5) is 35.4. The summed E-state index contributed by atoms with van der Waals surface area (Å²) in [7, 11) is 0. The summed E-state index contributed by atoms with van der Waals surface area (Å²) in [6.07, 6.45) is 1.07. The molecule has 0 aliphatic rings. The second-order valence-corrected chi connectivity index (χ2v) is 7.03. The zero-order chi connectivity index (χ0) is 23.3. The summed E-state index contributed by atoms with van der Waals surface area (Å²) in [5, 5.41) is 25.2. The molecule has 0 aliphatic carbocycles. The molecule has 0 saturated carbocycles. The van der Waals surface area contributed by atoms with Gasteiger partial charge in [0.1, 0.15) is 5.75 Å². The highest BCUT2D eigenvalue weighted by atomic mass is 35.5. The van der Waals surface area contributed by atoms with Crippen molar-refractivity contribution in [3.05, 3.63) is 97.5 Å². The maximum absolute atomic E-state index is 12.6. The number of esters is 1. The van der Waals surface area contributed by atoms with E-state index in [1.165, 1.54) is 42.5 Å². The standard InChI is InChI=1S/C21H13Cl2N3O6/c22-13-8-9-14(16(23)10-13)21(29)32-19-12(4-3-6-17(19)26(30)31)11-24-25-20(28)15-5-1-2-7-18(15)27/h1-11,27H,(H,25,28)/b24-11+. The number of phenols is 1. The Bertz CT molecular complexity index is 1250. The fourth-order valence-electron chi connectivity index (χ4n) is 2.59. The molecule has 0 saturated heterocycles. The van der Waals surface area contributed by atoms with Crippen LogP contribution in [-0.2, 0) is 0 Å². The number of amides is 1. The molecule has 1 amide bonds. The quantitative estimate of drug-likeness (QED) is 0.177. The van der Waals surface area contributed by atoms with Crippen molar-refractivity contribution in [2.75, 3.05) is 0 Å². The van der Waals surface area contributed by atoms with E-state index in [4.69, 9.17) is 27.9 Å². The van der Waals surface area contributed by atoms with Gasteiger partial charge in [0.2, 0.25) is 5.75 Å². The van der Waals surface area contributed by atoms with Crippen LogP contribution in [-0.4, -0.2) is 28.1 Å². The molecule has 0 aliphatic heterocycles. The molecule has 0 heterocycles. The van der Waals surface area contributed by atoms with E-state index in [2.05, 4.69) is 10.5 Å². The minimum atomic E-state index is -0.950. The van der Waals surface area contributed by atoms with Crippen LogP contribution in [0.15, 0.2) is 65.8 Å². The minimum Gasteiger partial charge on any atom is -0.507 e. The van der Waals surface area contributed by atoms with Crippen molar-refractivity contribution in [3.63, 3.8) is 0 Å². The monoisotopic (exact) mass is 473 g/mol. The first-order chi connectivity index (χ1) is 15.3. The van der Waals surface area contributed by atoms with Crippen molar-refractivity contribution in [2.24, 2.45) is 5.10 Å². The van der Waals surface area contributed by atoms with Gasteiger partial charge in [-0.2, -0.15) is 5.10 Å². The third kappa shape index (κ3) is 5.20. The minimum absolute atomic E-state index is 0.00577. The van der Waals surface area contributed by atoms with Gasteiger partial charge >= 0.3 is 11.7 Å². The Hall–Kier alpha value is -3.95. The molecule has 0 atom stereocenters. The molecule has 0 bridgehead atoms. The number of nitrogens with one attached hydrogen (secondary N) is 1. The molecule has 0 spiro atoms.